The van der Waals surface area contributed by atoms with Crippen molar-refractivity contribution in [1.29, 1.82) is 0 Å². The first-order valence-corrected chi connectivity index (χ1v) is 12.0. The molecule has 0 atom stereocenters. The van der Waals surface area contributed by atoms with Gasteiger partial charge in [0.25, 0.3) is 0 Å². The molecule has 2 aromatic carbocycles. The van der Waals surface area contributed by atoms with E-state index in [1.807, 2.05) is 6.07 Å². The monoisotopic (exact) mass is 460 g/mol. The number of esters is 1. The number of carbonyl (C=O) groups is 2. The zero-order valence-corrected chi connectivity index (χ0v) is 18.6. The Bertz CT molecular complexity index is 1140. The highest BCUT2D eigenvalue weighted by Gasteiger charge is 2.36. The van der Waals surface area contributed by atoms with E-state index in [4.69, 9.17) is 4.74 Å². The topological polar surface area (TPSA) is 84.0 Å². The quantitative estimate of drug-likeness (QED) is 0.655. The Balaban J connectivity index is 1.50. The molecule has 0 bridgehead atoms. The van der Waals surface area contributed by atoms with Crippen molar-refractivity contribution in [3.05, 3.63) is 59.4 Å². The summed E-state index contributed by atoms with van der Waals surface area (Å²) in [6.07, 6.45) is 2.13. The first-order valence-electron chi connectivity index (χ1n) is 10.6. The number of rotatable bonds is 4. The predicted octanol–water partition coefficient (Wildman–Crippen LogP) is 2.99. The van der Waals surface area contributed by atoms with Crippen molar-refractivity contribution >= 4 is 27.6 Å². The number of ether oxygens (including phenoxy) is 1. The number of amides is 1. The van der Waals surface area contributed by atoms with E-state index in [2.05, 4.69) is 0 Å². The highest BCUT2D eigenvalue weighted by molar-refractivity contribution is 7.89. The fourth-order valence-electron chi connectivity index (χ4n) is 4.51. The molecular formula is C23H25FN2O5S. The highest BCUT2D eigenvalue weighted by atomic mass is 32.2. The lowest BCUT2D eigenvalue weighted by Gasteiger charge is -2.36. The highest BCUT2D eigenvalue weighted by Crippen LogP contribution is 2.33. The molecule has 2 heterocycles. The number of piperidine rings is 1. The molecule has 1 fully saturated rings. The molecule has 0 aliphatic carbocycles. The maximum absolute atomic E-state index is 14.0. The Morgan fingerprint density at radius 3 is 2.44 bits per heavy atom. The van der Waals surface area contributed by atoms with Crippen molar-refractivity contribution in [3.63, 3.8) is 0 Å². The lowest BCUT2D eigenvalue weighted by atomic mass is 9.92. The molecule has 0 unspecified atom stereocenters. The first-order chi connectivity index (χ1) is 15.3. The van der Waals surface area contributed by atoms with Crippen LogP contribution in [0.25, 0.3) is 0 Å². The molecule has 1 saturated heterocycles. The third-order valence-corrected chi connectivity index (χ3v) is 8.11. The molecule has 0 saturated carbocycles. The lowest BCUT2D eigenvalue weighted by Crippen LogP contribution is -2.46. The molecule has 1 amide bonds. The number of carbonyl (C=O) groups excluding carboxylic acids is 2. The molecule has 7 nitrogen and oxygen atoms in total. The molecule has 2 aromatic rings. The first kappa shape index (κ1) is 22.4. The van der Waals surface area contributed by atoms with Crippen LogP contribution in [-0.2, 0) is 26.0 Å². The van der Waals surface area contributed by atoms with Crippen LogP contribution in [0.5, 0.6) is 0 Å². The van der Waals surface area contributed by atoms with E-state index < -0.39 is 21.8 Å². The molecular weight excluding hydrogens is 435 g/mol. The van der Waals surface area contributed by atoms with E-state index in [1.54, 1.807) is 17.0 Å². The van der Waals surface area contributed by atoms with Crippen molar-refractivity contribution in [2.24, 2.45) is 5.92 Å². The SMILES string of the molecule is COC(=O)c1cccc2c1CCCN2C(=O)C1CCN(S(=O)(=O)c2ccccc2F)CC1. The van der Waals surface area contributed by atoms with Gasteiger partial charge in [-0.1, -0.05) is 18.2 Å². The summed E-state index contributed by atoms with van der Waals surface area (Å²) < 4.78 is 45.8. The summed E-state index contributed by atoms with van der Waals surface area (Å²) >= 11 is 0. The Morgan fingerprint density at radius 1 is 1.03 bits per heavy atom. The van der Waals surface area contributed by atoms with E-state index >= 15 is 0 Å². The average molecular weight is 461 g/mol. The van der Waals surface area contributed by atoms with Crippen LogP contribution < -0.4 is 4.90 Å². The van der Waals surface area contributed by atoms with Gasteiger partial charge in [0.15, 0.2) is 0 Å². The Hall–Kier alpha value is -2.78. The minimum atomic E-state index is -3.95. The Kier molecular flexibility index (Phi) is 6.30. The maximum Gasteiger partial charge on any atom is 0.338 e. The zero-order valence-electron chi connectivity index (χ0n) is 17.8. The summed E-state index contributed by atoms with van der Waals surface area (Å²) in [5.41, 5.74) is 1.98. The van der Waals surface area contributed by atoms with Crippen molar-refractivity contribution in [2.45, 2.75) is 30.6 Å². The summed E-state index contributed by atoms with van der Waals surface area (Å²) in [6, 6.07) is 10.6. The van der Waals surface area contributed by atoms with Crippen LogP contribution in [0, 0.1) is 11.7 Å². The van der Waals surface area contributed by atoms with E-state index in [-0.39, 0.29) is 29.8 Å². The zero-order chi connectivity index (χ0) is 22.9. The second kappa shape index (κ2) is 8.99. The molecule has 0 spiro atoms. The molecule has 0 radical (unpaired) electrons. The minimum Gasteiger partial charge on any atom is -0.465 e. The molecule has 32 heavy (non-hydrogen) atoms. The third kappa shape index (κ3) is 4.02. The Morgan fingerprint density at radius 2 is 1.75 bits per heavy atom. The van der Waals surface area contributed by atoms with Crippen LogP contribution in [-0.4, -0.2) is 51.3 Å². The fourth-order valence-corrected chi connectivity index (χ4v) is 6.05. The van der Waals surface area contributed by atoms with Crippen LogP contribution >= 0.6 is 0 Å². The number of nitrogens with zero attached hydrogens (tertiary/aromatic N) is 2. The van der Waals surface area contributed by atoms with Crippen molar-refractivity contribution in [2.75, 3.05) is 31.6 Å². The van der Waals surface area contributed by atoms with Gasteiger partial charge in [-0.05, 0) is 55.5 Å². The second-order valence-corrected chi connectivity index (χ2v) is 9.90. The van der Waals surface area contributed by atoms with E-state index in [1.165, 1.54) is 29.6 Å². The van der Waals surface area contributed by atoms with Crippen LogP contribution in [0.2, 0.25) is 0 Å². The van der Waals surface area contributed by atoms with Gasteiger partial charge in [-0.2, -0.15) is 4.31 Å². The normalized spacial score (nSPS) is 17.6. The van der Waals surface area contributed by atoms with Gasteiger partial charge in [-0.25, -0.2) is 17.6 Å². The molecule has 2 aliphatic heterocycles. The summed E-state index contributed by atoms with van der Waals surface area (Å²) in [6.45, 7) is 0.843. The second-order valence-electron chi connectivity index (χ2n) is 8.00. The van der Waals surface area contributed by atoms with E-state index in [0.717, 1.165) is 18.1 Å². The molecule has 170 valence electrons. The summed E-state index contributed by atoms with van der Waals surface area (Å²) in [4.78, 5) is 26.8. The van der Waals surface area contributed by atoms with Gasteiger partial charge in [-0.3, -0.25) is 4.79 Å². The molecule has 0 N–H and O–H groups in total. The summed E-state index contributed by atoms with van der Waals surface area (Å²) in [5, 5.41) is 0. The smallest absolute Gasteiger partial charge is 0.338 e. The number of fused-ring (bicyclic) bond motifs is 1. The number of anilines is 1. The standard InChI is InChI=1S/C23H25FN2O5S/c1-31-23(28)18-6-4-9-20-17(18)7-5-13-26(20)22(27)16-11-14-25(15-12-16)32(29,30)21-10-3-2-8-19(21)24/h2-4,6,8-10,16H,5,7,11-15H2,1H3. The Labute approximate surface area is 186 Å². The van der Waals surface area contributed by atoms with E-state index in [0.29, 0.717) is 37.1 Å². The number of benzene rings is 2. The van der Waals surface area contributed by atoms with Crippen LogP contribution in [0.1, 0.15) is 35.2 Å². The molecule has 9 heteroatoms. The number of hydrogen-bond donors (Lipinski definition) is 0. The van der Waals surface area contributed by atoms with Crippen molar-refractivity contribution < 1.29 is 27.1 Å². The third-order valence-electron chi connectivity index (χ3n) is 6.18. The van der Waals surface area contributed by atoms with Gasteiger partial charge < -0.3 is 9.64 Å². The van der Waals surface area contributed by atoms with Gasteiger partial charge in [0.1, 0.15) is 10.7 Å². The minimum absolute atomic E-state index is 0.0732. The number of sulfonamides is 1. The van der Waals surface area contributed by atoms with Crippen LogP contribution in [0.15, 0.2) is 47.4 Å². The largest absolute Gasteiger partial charge is 0.465 e. The lowest BCUT2D eigenvalue weighted by molar-refractivity contribution is -0.123. The van der Waals surface area contributed by atoms with Crippen LogP contribution in [0.3, 0.4) is 0 Å². The molecule has 2 aliphatic rings. The number of halogens is 1. The van der Waals surface area contributed by atoms with Gasteiger partial charge >= 0.3 is 5.97 Å². The molecule has 4 rings (SSSR count). The van der Waals surface area contributed by atoms with Gasteiger partial charge in [0, 0.05) is 31.2 Å². The number of hydrogen-bond acceptors (Lipinski definition) is 5. The molecule has 0 aromatic heterocycles. The van der Waals surface area contributed by atoms with Gasteiger partial charge in [0.2, 0.25) is 15.9 Å². The summed E-state index contributed by atoms with van der Waals surface area (Å²) in [7, 11) is -2.62. The fraction of sp³-hybridized carbons (Fsp3) is 0.391. The van der Waals surface area contributed by atoms with Gasteiger partial charge in [-0.15, -0.1) is 0 Å². The predicted molar refractivity (Wildman–Crippen MR) is 116 cm³/mol. The number of methoxy groups -OCH3 is 1. The van der Waals surface area contributed by atoms with Crippen molar-refractivity contribution in [1.82, 2.24) is 4.31 Å². The average Bonchev–Trinajstić information content (AvgIpc) is 2.82. The van der Waals surface area contributed by atoms with Crippen LogP contribution in [0.4, 0.5) is 10.1 Å². The summed E-state index contributed by atoms with van der Waals surface area (Å²) in [5.74, 6) is -1.62. The van der Waals surface area contributed by atoms with E-state index in [9.17, 15) is 22.4 Å². The van der Waals surface area contributed by atoms with Gasteiger partial charge in [0.05, 0.1) is 12.7 Å². The van der Waals surface area contributed by atoms with Crippen molar-refractivity contribution in [3.8, 4) is 0 Å². The maximum atomic E-state index is 14.0.